The first-order valence-corrected chi connectivity index (χ1v) is 10.9. The highest BCUT2D eigenvalue weighted by atomic mass is 35.5. The van der Waals surface area contributed by atoms with Crippen molar-refractivity contribution in [2.75, 3.05) is 6.26 Å². The van der Waals surface area contributed by atoms with Gasteiger partial charge in [0.25, 0.3) is 5.91 Å². The van der Waals surface area contributed by atoms with Crippen LogP contribution in [0.3, 0.4) is 0 Å². The van der Waals surface area contributed by atoms with Crippen molar-refractivity contribution in [2.45, 2.75) is 36.9 Å². The van der Waals surface area contributed by atoms with Gasteiger partial charge in [0.2, 0.25) is 0 Å². The number of hydrogen-bond acceptors (Lipinski definition) is 6. The number of thiazole rings is 1. The van der Waals surface area contributed by atoms with E-state index < -0.39 is 9.84 Å². The van der Waals surface area contributed by atoms with Crippen molar-refractivity contribution in [1.29, 1.82) is 0 Å². The molecule has 0 unspecified atom stereocenters. The number of benzene rings is 1. The minimum absolute atomic E-state index is 0.137. The zero-order valence-electron chi connectivity index (χ0n) is 13.6. The maximum atomic E-state index is 11.9. The van der Waals surface area contributed by atoms with Gasteiger partial charge in [0.15, 0.2) is 9.84 Å². The second-order valence-electron chi connectivity index (χ2n) is 6.00. The van der Waals surface area contributed by atoms with Crippen molar-refractivity contribution in [3.8, 4) is 0 Å². The van der Waals surface area contributed by atoms with E-state index in [9.17, 15) is 13.2 Å². The summed E-state index contributed by atoms with van der Waals surface area (Å²) in [6.07, 6.45) is 3.23. The van der Waals surface area contributed by atoms with E-state index in [2.05, 4.69) is 15.6 Å². The van der Waals surface area contributed by atoms with E-state index in [4.69, 9.17) is 11.6 Å². The molecule has 0 radical (unpaired) electrons. The van der Waals surface area contributed by atoms with Gasteiger partial charge in [-0.2, -0.15) is 0 Å². The van der Waals surface area contributed by atoms with Crippen LogP contribution in [-0.4, -0.2) is 31.6 Å². The third-order valence-corrected chi connectivity index (χ3v) is 5.98. The monoisotopic (exact) mass is 399 g/mol. The molecule has 1 aliphatic carbocycles. The number of nitrogens with one attached hydrogen (secondary N) is 2. The molecule has 1 heterocycles. The SMILES string of the molecule is CS(=O)(=O)c1cc(Cl)ccc1CNCc1nc(C(=O)NC2CC2)cs1. The average Bonchev–Trinajstić information content (AvgIpc) is 3.22. The van der Waals surface area contributed by atoms with Crippen LogP contribution < -0.4 is 10.6 Å². The lowest BCUT2D eigenvalue weighted by atomic mass is 10.2. The largest absolute Gasteiger partial charge is 0.348 e. The maximum Gasteiger partial charge on any atom is 0.270 e. The van der Waals surface area contributed by atoms with Crippen LogP contribution in [0.4, 0.5) is 0 Å². The van der Waals surface area contributed by atoms with Crippen LogP contribution in [0, 0.1) is 0 Å². The third-order valence-electron chi connectivity index (χ3n) is 3.72. The molecule has 0 atom stereocenters. The highest BCUT2D eigenvalue weighted by molar-refractivity contribution is 7.90. The molecule has 1 amide bonds. The summed E-state index contributed by atoms with van der Waals surface area (Å²) in [6.45, 7) is 0.815. The average molecular weight is 400 g/mol. The summed E-state index contributed by atoms with van der Waals surface area (Å²) in [5, 5.41) is 8.96. The van der Waals surface area contributed by atoms with Gasteiger partial charge in [-0.05, 0) is 30.5 Å². The summed E-state index contributed by atoms with van der Waals surface area (Å²) in [6, 6.07) is 5.12. The quantitative estimate of drug-likeness (QED) is 0.746. The molecule has 25 heavy (non-hydrogen) atoms. The van der Waals surface area contributed by atoms with Gasteiger partial charge in [-0.1, -0.05) is 17.7 Å². The predicted molar refractivity (Wildman–Crippen MR) is 97.7 cm³/mol. The molecule has 2 N–H and O–H groups in total. The molecule has 9 heteroatoms. The van der Waals surface area contributed by atoms with E-state index >= 15 is 0 Å². The lowest BCUT2D eigenvalue weighted by Crippen LogP contribution is -2.25. The predicted octanol–water partition coefficient (Wildman–Crippen LogP) is 2.38. The lowest BCUT2D eigenvalue weighted by molar-refractivity contribution is 0.0946. The minimum atomic E-state index is -3.35. The fourth-order valence-corrected chi connectivity index (χ4v) is 4.25. The van der Waals surface area contributed by atoms with Crippen LogP contribution in [-0.2, 0) is 22.9 Å². The van der Waals surface area contributed by atoms with E-state index in [0.717, 1.165) is 24.1 Å². The van der Waals surface area contributed by atoms with Gasteiger partial charge in [-0.25, -0.2) is 13.4 Å². The third kappa shape index (κ3) is 5.01. The van der Waals surface area contributed by atoms with E-state index in [1.165, 1.54) is 17.4 Å². The Morgan fingerprint density at radius 2 is 2.12 bits per heavy atom. The Labute approximate surface area is 155 Å². The lowest BCUT2D eigenvalue weighted by Gasteiger charge is -2.09. The van der Waals surface area contributed by atoms with Crippen LogP contribution in [0.5, 0.6) is 0 Å². The molecule has 0 bridgehead atoms. The zero-order chi connectivity index (χ0) is 18.0. The van der Waals surface area contributed by atoms with Gasteiger partial charge >= 0.3 is 0 Å². The molecular weight excluding hydrogens is 382 g/mol. The Morgan fingerprint density at radius 3 is 2.80 bits per heavy atom. The Hall–Kier alpha value is -1.48. The van der Waals surface area contributed by atoms with Crippen LogP contribution in [0.15, 0.2) is 28.5 Å². The smallest absolute Gasteiger partial charge is 0.270 e. The van der Waals surface area contributed by atoms with Crippen LogP contribution in [0.25, 0.3) is 0 Å². The molecule has 134 valence electrons. The van der Waals surface area contributed by atoms with Crippen molar-refractivity contribution >= 4 is 38.7 Å². The van der Waals surface area contributed by atoms with E-state index in [-0.39, 0.29) is 10.8 Å². The molecule has 6 nitrogen and oxygen atoms in total. The number of aromatic nitrogens is 1. The summed E-state index contributed by atoms with van der Waals surface area (Å²) in [4.78, 5) is 16.5. The van der Waals surface area contributed by atoms with Crippen LogP contribution >= 0.6 is 22.9 Å². The fourth-order valence-electron chi connectivity index (χ4n) is 2.31. The van der Waals surface area contributed by atoms with Crippen molar-refractivity contribution in [2.24, 2.45) is 0 Å². The van der Waals surface area contributed by atoms with Gasteiger partial charge in [0.05, 0.1) is 4.90 Å². The number of hydrogen-bond donors (Lipinski definition) is 2. The summed E-state index contributed by atoms with van der Waals surface area (Å²) >= 11 is 7.29. The number of sulfone groups is 1. The molecule has 3 rings (SSSR count). The van der Waals surface area contributed by atoms with Crippen molar-refractivity contribution in [3.63, 3.8) is 0 Å². The Morgan fingerprint density at radius 1 is 1.36 bits per heavy atom. The number of carbonyl (C=O) groups excluding carboxylic acids is 1. The van der Waals surface area contributed by atoms with Gasteiger partial charge in [-0.15, -0.1) is 11.3 Å². The van der Waals surface area contributed by atoms with Gasteiger partial charge < -0.3 is 10.6 Å². The Balaban J connectivity index is 1.60. The van der Waals surface area contributed by atoms with Gasteiger partial charge in [0.1, 0.15) is 10.7 Å². The highest BCUT2D eigenvalue weighted by Crippen LogP contribution is 2.21. The number of rotatable bonds is 7. The van der Waals surface area contributed by atoms with Crippen LogP contribution in [0.1, 0.15) is 33.9 Å². The zero-order valence-corrected chi connectivity index (χ0v) is 16.0. The normalized spacial score (nSPS) is 14.5. The maximum absolute atomic E-state index is 11.9. The van der Waals surface area contributed by atoms with E-state index in [1.54, 1.807) is 17.5 Å². The van der Waals surface area contributed by atoms with Crippen molar-refractivity contribution in [1.82, 2.24) is 15.6 Å². The number of nitrogens with zero attached hydrogens (tertiary/aromatic N) is 1. The molecule has 1 saturated carbocycles. The van der Waals surface area contributed by atoms with Crippen molar-refractivity contribution < 1.29 is 13.2 Å². The number of carbonyl (C=O) groups is 1. The van der Waals surface area contributed by atoms with E-state index in [0.29, 0.717) is 35.4 Å². The highest BCUT2D eigenvalue weighted by Gasteiger charge is 2.24. The second-order valence-corrected chi connectivity index (χ2v) is 9.37. The summed E-state index contributed by atoms with van der Waals surface area (Å²) in [5.41, 5.74) is 1.08. The molecule has 1 aliphatic rings. The molecule has 1 aromatic carbocycles. The fraction of sp³-hybridized carbons (Fsp3) is 0.375. The first-order valence-electron chi connectivity index (χ1n) is 7.77. The molecule has 0 spiro atoms. The number of halogens is 1. The second kappa shape index (κ2) is 7.41. The van der Waals surface area contributed by atoms with E-state index in [1.807, 2.05) is 0 Å². The molecular formula is C16H18ClN3O3S2. The molecule has 0 saturated heterocycles. The van der Waals surface area contributed by atoms with Crippen LogP contribution in [0.2, 0.25) is 5.02 Å². The standard InChI is InChI=1S/C16H18ClN3O3S2/c1-25(22,23)14-6-11(17)3-2-10(14)7-18-8-15-20-13(9-24-15)16(21)19-12-4-5-12/h2-3,6,9,12,18H,4-5,7-8H2,1H3,(H,19,21). The number of amides is 1. The first kappa shape index (κ1) is 18.3. The topological polar surface area (TPSA) is 88.2 Å². The van der Waals surface area contributed by atoms with Crippen molar-refractivity contribution in [3.05, 3.63) is 44.9 Å². The molecule has 1 fully saturated rings. The van der Waals surface area contributed by atoms with Gasteiger partial charge in [-0.3, -0.25) is 4.79 Å². The summed E-state index contributed by atoms with van der Waals surface area (Å²) in [5.74, 6) is -0.137. The Bertz CT molecular complexity index is 892. The van der Waals surface area contributed by atoms with Gasteiger partial charge in [0, 0.05) is 35.8 Å². The minimum Gasteiger partial charge on any atom is -0.348 e. The molecule has 2 aromatic rings. The summed E-state index contributed by atoms with van der Waals surface area (Å²) < 4.78 is 23.7. The molecule has 1 aromatic heterocycles. The first-order chi connectivity index (χ1) is 11.8. The molecule has 0 aliphatic heterocycles. The Kier molecular flexibility index (Phi) is 5.43. The summed E-state index contributed by atoms with van der Waals surface area (Å²) in [7, 11) is -3.35.